The van der Waals surface area contributed by atoms with E-state index in [9.17, 15) is 10.1 Å². The van der Waals surface area contributed by atoms with E-state index in [1.807, 2.05) is 0 Å². The highest BCUT2D eigenvalue weighted by molar-refractivity contribution is 9.10. The summed E-state index contributed by atoms with van der Waals surface area (Å²) in [4.78, 5) is 16.6. The monoisotopic (exact) mass is 314 g/mol. The fourth-order valence-corrected chi connectivity index (χ4v) is 2.66. The van der Waals surface area contributed by atoms with Crippen LogP contribution in [0.25, 0.3) is 0 Å². The van der Waals surface area contributed by atoms with Crippen LogP contribution in [0.1, 0.15) is 13.8 Å². The van der Waals surface area contributed by atoms with Crippen LogP contribution < -0.4 is 10.2 Å². The van der Waals surface area contributed by atoms with Gasteiger partial charge in [0.15, 0.2) is 0 Å². The average Bonchev–Trinajstić information content (AvgIpc) is 2.27. The summed E-state index contributed by atoms with van der Waals surface area (Å²) in [5, 5.41) is 14.1. The molecule has 1 aromatic rings. The summed E-state index contributed by atoms with van der Waals surface area (Å²) >= 11 is 3.36. The molecule has 1 aliphatic heterocycles. The lowest BCUT2D eigenvalue weighted by atomic mass is 10.0. The zero-order valence-corrected chi connectivity index (χ0v) is 11.9. The van der Waals surface area contributed by atoms with Crippen LogP contribution in [0.5, 0.6) is 0 Å². The van der Waals surface area contributed by atoms with Gasteiger partial charge in [0.25, 0.3) is 5.69 Å². The van der Waals surface area contributed by atoms with E-state index in [2.05, 4.69) is 45.0 Å². The molecule has 6 nitrogen and oxygen atoms in total. The topological polar surface area (TPSA) is 71.3 Å². The molecule has 1 aromatic heterocycles. The number of hydrogen-bond donors (Lipinski definition) is 1. The van der Waals surface area contributed by atoms with Crippen molar-refractivity contribution in [3.05, 3.63) is 26.9 Å². The van der Waals surface area contributed by atoms with E-state index >= 15 is 0 Å². The van der Waals surface area contributed by atoms with Crippen molar-refractivity contribution >= 4 is 27.4 Å². The summed E-state index contributed by atoms with van der Waals surface area (Å²) < 4.78 is 0.661. The second-order valence-electron chi connectivity index (χ2n) is 4.99. The Morgan fingerprint density at radius 3 is 2.89 bits per heavy atom. The van der Waals surface area contributed by atoms with E-state index < -0.39 is 4.92 Å². The van der Waals surface area contributed by atoms with E-state index in [0.29, 0.717) is 4.47 Å². The smallest absolute Gasteiger partial charge is 0.288 e. The minimum Gasteiger partial charge on any atom is -0.353 e. The number of nitro groups is 1. The summed E-state index contributed by atoms with van der Waals surface area (Å²) in [5.74, 6) is 0.759. The second-order valence-corrected chi connectivity index (χ2v) is 5.84. The molecule has 0 saturated carbocycles. The van der Waals surface area contributed by atoms with E-state index in [1.54, 1.807) is 0 Å². The van der Waals surface area contributed by atoms with Crippen molar-refractivity contribution in [2.45, 2.75) is 19.4 Å². The number of pyridine rings is 1. The zero-order chi connectivity index (χ0) is 13.3. The van der Waals surface area contributed by atoms with E-state index in [1.165, 1.54) is 12.3 Å². The average molecular weight is 315 g/mol. The lowest BCUT2D eigenvalue weighted by Crippen LogP contribution is -2.57. The molecule has 0 bridgehead atoms. The van der Waals surface area contributed by atoms with Gasteiger partial charge >= 0.3 is 0 Å². The normalized spacial score (nSPS) is 18.7. The van der Waals surface area contributed by atoms with Gasteiger partial charge in [-0.15, -0.1) is 0 Å². The third-order valence-corrected chi connectivity index (χ3v) is 3.47. The fourth-order valence-electron chi connectivity index (χ4n) is 2.08. The van der Waals surface area contributed by atoms with Crippen molar-refractivity contribution in [1.29, 1.82) is 0 Å². The number of nitrogens with zero attached hydrogens (tertiary/aromatic N) is 3. The van der Waals surface area contributed by atoms with Gasteiger partial charge in [0.2, 0.25) is 0 Å². The third-order valence-electron chi connectivity index (χ3n) is 2.89. The van der Waals surface area contributed by atoms with E-state index in [0.717, 1.165) is 25.5 Å². The lowest BCUT2D eigenvalue weighted by molar-refractivity contribution is -0.385. The highest BCUT2D eigenvalue weighted by Crippen LogP contribution is 2.29. The molecule has 0 aromatic carbocycles. The molecule has 0 amide bonds. The van der Waals surface area contributed by atoms with Crippen LogP contribution in [0.15, 0.2) is 16.7 Å². The molecule has 0 unspecified atom stereocenters. The first-order chi connectivity index (χ1) is 8.39. The molecule has 0 spiro atoms. The minimum atomic E-state index is -0.441. The lowest BCUT2D eigenvalue weighted by Gasteiger charge is -2.40. The van der Waals surface area contributed by atoms with Crippen LogP contribution >= 0.6 is 15.9 Å². The summed E-state index contributed by atoms with van der Waals surface area (Å²) in [6.45, 7) is 6.78. The summed E-state index contributed by atoms with van der Waals surface area (Å²) in [6, 6.07) is 1.50. The molecule has 2 heterocycles. The van der Waals surface area contributed by atoms with Gasteiger partial charge in [0.1, 0.15) is 12.0 Å². The highest BCUT2D eigenvalue weighted by Gasteiger charge is 2.27. The molecule has 0 atom stereocenters. The van der Waals surface area contributed by atoms with Crippen molar-refractivity contribution < 1.29 is 4.92 Å². The van der Waals surface area contributed by atoms with Gasteiger partial charge in [0.05, 0.1) is 9.40 Å². The van der Waals surface area contributed by atoms with Gasteiger partial charge in [-0.25, -0.2) is 4.98 Å². The van der Waals surface area contributed by atoms with Gasteiger partial charge in [-0.2, -0.15) is 0 Å². The minimum absolute atomic E-state index is 0.0000182. The number of rotatable bonds is 2. The van der Waals surface area contributed by atoms with Crippen molar-refractivity contribution in [3.63, 3.8) is 0 Å². The van der Waals surface area contributed by atoms with Crippen LogP contribution in [-0.4, -0.2) is 35.1 Å². The molecule has 1 saturated heterocycles. The fraction of sp³-hybridized carbons (Fsp3) is 0.545. The summed E-state index contributed by atoms with van der Waals surface area (Å²) in [7, 11) is 0. The maximum atomic E-state index is 10.7. The number of hydrogen-bond acceptors (Lipinski definition) is 5. The van der Waals surface area contributed by atoms with Crippen LogP contribution in [0, 0.1) is 10.1 Å². The molecule has 7 heteroatoms. The molecule has 18 heavy (non-hydrogen) atoms. The molecule has 1 fully saturated rings. The number of piperazine rings is 1. The summed E-state index contributed by atoms with van der Waals surface area (Å²) in [5.41, 5.74) is 0.0150. The Bertz CT molecular complexity index is 478. The number of halogens is 1. The number of nitrogens with one attached hydrogen (secondary N) is 1. The van der Waals surface area contributed by atoms with Crippen LogP contribution in [0.3, 0.4) is 0 Å². The molecule has 0 radical (unpaired) electrons. The molecular formula is C11H15BrN4O2. The van der Waals surface area contributed by atoms with E-state index in [4.69, 9.17) is 0 Å². The number of anilines is 1. The SMILES string of the molecule is CC1(C)CN(c2ncc([N+](=O)[O-])cc2Br)CCN1. The van der Waals surface area contributed by atoms with Crippen molar-refractivity contribution in [1.82, 2.24) is 10.3 Å². The Morgan fingerprint density at radius 1 is 1.61 bits per heavy atom. The zero-order valence-electron chi connectivity index (χ0n) is 10.3. The van der Waals surface area contributed by atoms with Crippen molar-refractivity contribution in [3.8, 4) is 0 Å². The Labute approximate surface area is 114 Å². The quantitative estimate of drug-likeness (QED) is 0.667. The standard InChI is InChI=1S/C11H15BrN4O2/c1-11(2)7-15(4-3-14-11)10-9(12)5-8(6-13-10)16(17)18/h5-6,14H,3-4,7H2,1-2H3. The molecule has 2 rings (SSSR count). The number of aromatic nitrogens is 1. The molecule has 1 aliphatic rings. The Hall–Kier alpha value is -1.21. The Kier molecular flexibility index (Phi) is 3.54. The molecule has 98 valence electrons. The highest BCUT2D eigenvalue weighted by atomic mass is 79.9. The van der Waals surface area contributed by atoms with Gasteiger partial charge in [-0.1, -0.05) is 0 Å². The first kappa shape index (κ1) is 13.2. The van der Waals surface area contributed by atoms with Gasteiger partial charge in [-0.3, -0.25) is 10.1 Å². The Morgan fingerprint density at radius 2 is 2.33 bits per heavy atom. The van der Waals surface area contributed by atoms with Crippen molar-refractivity contribution in [2.24, 2.45) is 0 Å². The van der Waals surface area contributed by atoms with Crippen LogP contribution in [0.2, 0.25) is 0 Å². The predicted molar refractivity (Wildman–Crippen MR) is 72.9 cm³/mol. The van der Waals surface area contributed by atoms with Crippen LogP contribution in [0.4, 0.5) is 11.5 Å². The first-order valence-corrected chi connectivity index (χ1v) is 6.48. The molecular weight excluding hydrogens is 300 g/mol. The van der Waals surface area contributed by atoms with Crippen molar-refractivity contribution in [2.75, 3.05) is 24.5 Å². The predicted octanol–water partition coefficient (Wildman–Crippen LogP) is 1.94. The molecule has 1 N–H and O–H groups in total. The van der Waals surface area contributed by atoms with Crippen LogP contribution in [-0.2, 0) is 0 Å². The van der Waals surface area contributed by atoms with Gasteiger partial charge in [0, 0.05) is 31.2 Å². The first-order valence-electron chi connectivity index (χ1n) is 5.69. The third kappa shape index (κ3) is 2.78. The largest absolute Gasteiger partial charge is 0.353 e. The van der Waals surface area contributed by atoms with Gasteiger partial charge in [-0.05, 0) is 29.8 Å². The molecule has 0 aliphatic carbocycles. The second kappa shape index (κ2) is 4.81. The van der Waals surface area contributed by atoms with Gasteiger partial charge < -0.3 is 10.2 Å². The Balaban J connectivity index is 2.26. The summed E-state index contributed by atoms with van der Waals surface area (Å²) in [6.07, 6.45) is 1.30. The maximum absolute atomic E-state index is 10.7. The maximum Gasteiger partial charge on any atom is 0.288 e. The van der Waals surface area contributed by atoms with E-state index in [-0.39, 0.29) is 11.2 Å².